The molecule has 45 heavy (non-hydrogen) atoms. The van der Waals surface area contributed by atoms with E-state index in [9.17, 15) is 0 Å². The van der Waals surface area contributed by atoms with Crippen molar-refractivity contribution in [3.8, 4) is 34.4 Å². The van der Waals surface area contributed by atoms with Crippen LogP contribution in [0.2, 0.25) is 0 Å². The van der Waals surface area contributed by atoms with Crippen LogP contribution in [0.25, 0.3) is 78.0 Å². The molecular formula is C39H24BrN5. The summed E-state index contributed by atoms with van der Waals surface area (Å²) in [6.45, 7) is 0. The molecule has 3 heterocycles. The predicted molar refractivity (Wildman–Crippen MR) is 187 cm³/mol. The first kappa shape index (κ1) is 25.9. The summed E-state index contributed by atoms with van der Waals surface area (Å²) >= 11 is 3.85. The van der Waals surface area contributed by atoms with Crippen LogP contribution in [0.5, 0.6) is 0 Å². The first-order chi connectivity index (χ1) is 22.3. The van der Waals surface area contributed by atoms with Crippen LogP contribution in [0.1, 0.15) is 0 Å². The molecule has 212 valence electrons. The van der Waals surface area contributed by atoms with Gasteiger partial charge in [-0.05, 0) is 46.3 Å². The molecule has 3 aromatic heterocycles. The van der Waals surface area contributed by atoms with E-state index in [1.165, 1.54) is 10.8 Å². The van der Waals surface area contributed by atoms with Gasteiger partial charge in [-0.25, -0.2) is 4.98 Å². The minimum absolute atomic E-state index is 0.580. The summed E-state index contributed by atoms with van der Waals surface area (Å²) < 4.78 is 5.60. The van der Waals surface area contributed by atoms with Gasteiger partial charge in [0.25, 0.3) is 0 Å². The average molecular weight is 643 g/mol. The van der Waals surface area contributed by atoms with Gasteiger partial charge in [0.1, 0.15) is 0 Å². The van der Waals surface area contributed by atoms with Gasteiger partial charge in [0.05, 0.1) is 27.8 Å². The standard InChI is InChI=1S/C39H24BrN5/c40-30-19-9-12-22-33(30)44-31-20-10-7-17-27(31)28-23-24-34-35(36(28)44)29-18-8-11-21-32(29)45(34)39-42-37(25-13-3-1-4-14-25)41-38(43-39)26-15-5-2-6-16-26/h1-24H. The zero-order valence-electron chi connectivity index (χ0n) is 24.0. The van der Waals surface area contributed by atoms with E-state index >= 15 is 0 Å². The molecule has 0 aliphatic rings. The minimum Gasteiger partial charge on any atom is -0.307 e. The third-order valence-corrected chi connectivity index (χ3v) is 9.12. The highest BCUT2D eigenvalue weighted by molar-refractivity contribution is 9.10. The maximum atomic E-state index is 5.12. The second kappa shape index (κ2) is 10.3. The van der Waals surface area contributed by atoms with Crippen molar-refractivity contribution in [1.29, 1.82) is 0 Å². The van der Waals surface area contributed by atoms with Crippen LogP contribution in [-0.2, 0) is 0 Å². The molecule has 0 saturated carbocycles. The zero-order valence-corrected chi connectivity index (χ0v) is 25.6. The lowest BCUT2D eigenvalue weighted by Gasteiger charge is -2.12. The van der Waals surface area contributed by atoms with Gasteiger partial charge in [0.15, 0.2) is 11.6 Å². The number of rotatable bonds is 4. The Morgan fingerprint density at radius 3 is 1.64 bits per heavy atom. The van der Waals surface area contributed by atoms with E-state index in [0.717, 1.165) is 54.1 Å². The lowest BCUT2D eigenvalue weighted by Crippen LogP contribution is -2.06. The van der Waals surface area contributed by atoms with Crippen LogP contribution in [0.15, 0.2) is 150 Å². The largest absolute Gasteiger partial charge is 0.307 e. The molecule has 0 spiro atoms. The summed E-state index contributed by atoms with van der Waals surface area (Å²) in [6.07, 6.45) is 0. The number of para-hydroxylation sites is 3. The zero-order chi connectivity index (χ0) is 29.9. The molecule has 6 heteroatoms. The van der Waals surface area contributed by atoms with Gasteiger partial charge in [-0.15, -0.1) is 0 Å². The summed E-state index contributed by atoms with van der Waals surface area (Å²) in [5.74, 6) is 1.85. The molecular weight excluding hydrogens is 618 g/mol. The SMILES string of the molecule is Brc1ccccc1-n1c2ccccc2c2ccc3c(c4ccccc4n3-c3nc(-c4ccccc4)nc(-c4ccccc4)n3)c21. The van der Waals surface area contributed by atoms with Gasteiger partial charge in [-0.2, -0.15) is 9.97 Å². The third-order valence-electron chi connectivity index (χ3n) is 8.45. The number of nitrogens with zero attached hydrogens (tertiary/aromatic N) is 5. The average Bonchev–Trinajstić information content (AvgIpc) is 3.62. The van der Waals surface area contributed by atoms with Crippen molar-refractivity contribution in [2.24, 2.45) is 0 Å². The Bertz CT molecular complexity index is 2490. The van der Waals surface area contributed by atoms with Crippen molar-refractivity contribution >= 4 is 59.5 Å². The van der Waals surface area contributed by atoms with Crippen molar-refractivity contribution in [3.63, 3.8) is 0 Å². The Hall–Kier alpha value is -5.59. The van der Waals surface area contributed by atoms with Gasteiger partial charge in [0, 0.05) is 37.1 Å². The van der Waals surface area contributed by atoms with Gasteiger partial charge in [-0.1, -0.05) is 115 Å². The molecule has 0 aliphatic carbocycles. The van der Waals surface area contributed by atoms with E-state index in [1.807, 2.05) is 60.7 Å². The number of benzene rings is 6. The fourth-order valence-corrected chi connectivity index (χ4v) is 6.97. The molecule has 9 aromatic rings. The second-order valence-electron chi connectivity index (χ2n) is 11.0. The molecule has 0 amide bonds. The van der Waals surface area contributed by atoms with Crippen LogP contribution >= 0.6 is 15.9 Å². The molecule has 0 bridgehead atoms. The smallest absolute Gasteiger partial charge is 0.238 e. The Balaban J connectivity index is 1.44. The molecule has 0 radical (unpaired) electrons. The van der Waals surface area contributed by atoms with Gasteiger partial charge >= 0.3 is 0 Å². The van der Waals surface area contributed by atoms with Crippen LogP contribution in [-0.4, -0.2) is 24.1 Å². The number of fused-ring (bicyclic) bond motifs is 7. The number of aromatic nitrogens is 5. The van der Waals surface area contributed by atoms with Gasteiger partial charge in [0.2, 0.25) is 5.95 Å². The Kier molecular flexibility index (Phi) is 5.89. The maximum Gasteiger partial charge on any atom is 0.238 e. The molecule has 5 nitrogen and oxygen atoms in total. The monoisotopic (exact) mass is 641 g/mol. The molecule has 0 saturated heterocycles. The summed E-state index contributed by atoms with van der Waals surface area (Å²) in [5, 5.41) is 4.69. The molecule has 6 aromatic carbocycles. The first-order valence-corrected chi connectivity index (χ1v) is 15.6. The lowest BCUT2D eigenvalue weighted by molar-refractivity contribution is 0.953. The van der Waals surface area contributed by atoms with Crippen molar-refractivity contribution in [3.05, 3.63) is 150 Å². The van der Waals surface area contributed by atoms with E-state index in [-0.39, 0.29) is 0 Å². The number of halogens is 1. The van der Waals surface area contributed by atoms with Crippen LogP contribution < -0.4 is 0 Å². The highest BCUT2D eigenvalue weighted by Gasteiger charge is 2.23. The van der Waals surface area contributed by atoms with E-state index in [4.69, 9.17) is 15.0 Å². The molecule has 0 atom stereocenters. The van der Waals surface area contributed by atoms with Gasteiger partial charge < -0.3 is 4.57 Å². The lowest BCUT2D eigenvalue weighted by atomic mass is 10.1. The number of hydrogen-bond acceptors (Lipinski definition) is 3. The summed E-state index contributed by atoms with van der Waals surface area (Å²) in [6, 6.07) is 50.2. The number of hydrogen-bond donors (Lipinski definition) is 0. The van der Waals surface area contributed by atoms with Crippen molar-refractivity contribution in [2.75, 3.05) is 0 Å². The highest BCUT2D eigenvalue weighted by atomic mass is 79.9. The van der Waals surface area contributed by atoms with Gasteiger partial charge in [-0.3, -0.25) is 4.57 Å². The van der Waals surface area contributed by atoms with E-state index in [1.54, 1.807) is 0 Å². The molecule has 0 aliphatic heterocycles. The molecule has 0 N–H and O–H groups in total. The topological polar surface area (TPSA) is 48.5 Å². The Morgan fingerprint density at radius 2 is 0.978 bits per heavy atom. The van der Waals surface area contributed by atoms with Crippen molar-refractivity contribution in [1.82, 2.24) is 24.1 Å². The van der Waals surface area contributed by atoms with E-state index in [2.05, 4.69) is 110 Å². The third kappa shape index (κ3) is 4.03. The maximum absolute atomic E-state index is 5.12. The minimum atomic E-state index is 0.580. The van der Waals surface area contributed by atoms with Crippen molar-refractivity contribution in [2.45, 2.75) is 0 Å². The Labute approximate surface area is 267 Å². The van der Waals surface area contributed by atoms with Crippen LogP contribution in [0.3, 0.4) is 0 Å². The fraction of sp³-hybridized carbons (Fsp3) is 0. The molecule has 0 unspecified atom stereocenters. The first-order valence-electron chi connectivity index (χ1n) is 14.8. The van der Waals surface area contributed by atoms with Crippen LogP contribution in [0.4, 0.5) is 0 Å². The van der Waals surface area contributed by atoms with E-state index in [0.29, 0.717) is 17.6 Å². The summed E-state index contributed by atoms with van der Waals surface area (Å²) in [4.78, 5) is 15.2. The normalized spacial score (nSPS) is 11.7. The highest BCUT2D eigenvalue weighted by Crippen LogP contribution is 2.42. The molecule has 9 rings (SSSR count). The van der Waals surface area contributed by atoms with E-state index < -0.39 is 0 Å². The quantitative estimate of drug-likeness (QED) is 0.192. The fourth-order valence-electron chi connectivity index (χ4n) is 6.50. The molecule has 0 fully saturated rings. The predicted octanol–water partition coefficient (Wildman–Crippen LogP) is 10.2. The second-order valence-corrected chi connectivity index (χ2v) is 11.9. The van der Waals surface area contributed by atoms with Crippen molar-refractivity contribution < 1.29 is 0 Å². The summed E-state index contributed by atoms with van der Waals surface area (Å²) in [7, 11) is 0. The van der Waals surface area contributed by atoms with Crippen LogP contribution in [0, 0.1) is 0 Å². The Morgan fingerprint density at radius 1 is 0.422 bits per heavy atom. The summed E-state index contributed by atoms with van der Waals surface area (Å²) in [5.41, 5.74) is 7.34.